The van der Waals surface area contributed by atoms with Gasteiger partial charge in [-0.15, -0.1) is 11.3 Å². The Morgan fingerprint density at radius 3 is 2.48 bits per heavy atom. The molecule has 0 fully saturated rings. The molecule has 0 radical (unpaired) electrons. The standard InChI is InChI=1S/C20H19N3O5S/c1-4-28-19(26)15-14(12-8-6-5-7-9-12)11-29-17(15)21-16(24)13-10-22(2)20(27)23(3)18(13)25/h5-11H,4H2,1-3H3,(H,21,24). The number of benzene rings is 1. The van der Waals surface area contributed by atoms with Crippen molar-refractivity contribution in [3.8, 4) is 11.1 Å². The zero-order chi connectivity index (χ0) is 21.1. The van der Waals surface area contributed by atoms with Crippen LogP contribution in [0.4, 0.5) is 5.00 Å². The van der Waals surface area contributed by atoms with E-state index in [4.69, 9.17) is 4.74 Å². The van der Waals surface area contributed by atoms with Crippen molar-refractivity contribution >= 4 is 28.2 Å². The molecule has 29 heavy (non-hydrogen) atoms. The van der Waals surface area contributed by atoms with Gasteiger partial charge in [0.25, 0.3) is 11.5 Å². The Morgan fingerprint density at radius 2 is 1.83 bits per heavy atom. The summed E-state index contributed by atoms with van der Waals surface area (Å²) in [6.45, 7) is 1.87. The minimum Gasteiger partial charge on any atom is -0.462 e. The molecular weight excluding hydrogens is 394 g/mol. The summed E-state index contributed by atoms with van der Waals surface area (Å²) in [6.07, 6.45) is 1.18. The van der Waals surface area contributed by atoms with Gasteiger partial charge in [-0.3, -0.25) is 14.2 Å². The highest BCUT2D eigenvalue weighted by molar-refractivity contribution is 7.15. The van der Waals surface area contributed by atoms with Crippen molar-refractivity contribution in [2.24, 2.45) is 14.1 Å². The molecule has 2 aromatic heterocycles. The summed E-state index contributed by atoms with van der Waals surface area (Å²) >= 11 is 1.16. The van der Waals surface area contributed by atoms with E-state index < -0.39 is 23.1 Å². The van der Waals surface area contributed by atoms with E-state index >= 15 is 0 Å². The minimum atomic E-state index is -0.719. The van der Waals surface area contributed by atoms with E-state index in [0.717, 1.165) is 26.0 Å². The van der Waals surface area contributed by atoms with Gasteiger partial charge in [0.05, 0.1) is 6.61 Å². The van der Waals surface area contributed by atoms with E-state index in [1.54, 1.807) is 12.3 Å². The molecule has 0 unspecified atom stereocenters. The van der Waals surface area contributed by atoms with Crippen LogP contribution in [-0.2, 0) is 18.8 Å². The second-order valence-electron chi connectivity index (χ2n) is 6.19. The van der Waals surface area contributed by atoms with Crippen LogP contribution in [0.15, 0.2) is 51.5 Å². The second-order valence-corrected chi connectivity index (χ2v) is 7.07. The molecule has 0 aliphatic heterocycles. The maximum absolute atomic E-state index is 12.7. The highest BCUT2D eigenvalue weighted by Crippen LogP contribution is 2.36. The SMILES string of the molecule is CCOC(=O)c1c(-c2ccccc2)csc1NC(=O)c1cn(C)c(=O)n(C)c1=O. The lowest BCUT2D eigenvalue weighted by atomic mass is 10.0. The van der Waals surface area contributed by atoms with Crippen molar-refractivity contribution in [2.75, 3.05) is 11.9 Å². The van der Waals surface area contributed by atoms with Gasteiger partial charge in [-0.2, -0.15) is 0 Å². The van der Waals surface area contributed by atoms with Crippen molar-refractivity contribution < 1.29 is 14.3 Å². The summed E-state index contributed by atoms with van der Waals surface area (Å²) in [6, 6.07) is 9.24. The van der Waals surface area contributed by atoms with Crippen LogP contribution in [0.1, 0.15) is 27.6 Å². The van der Waals surface area contributed by atoms with Crippen LogP contribution < -0.4 is 16.6 Å². The quantitative estimate of drug-likeness (QED) is 0.647. The normalized spacial score (nSPS) is 10.6. The summed E-state index contributed by atoms with van der Waals surface area (Å²) in [4.78, 5) is 49.5. The lowest BCUT2D eigenvalue weighted by Gasteiger charge is -2.10. The average molecular weight is 413 g/mol. The van der Waals surface area contributed by atoms with Gasteiger partial charge in [0.15, 0.2) is 0 Å². The second kappa shape index (κ2) is 8.27. The summed E-state index contributed by atoms with van der Waals surface area (Å²) in [5, 5.41) is 4.63. The number of thiophene rings is 1. The Hall–Kier alpha value is -3.46. The molecule has 0 saturated carbocycles. The number of ether oxygens (including phenoxy) is 1. The Balaban J connectivity index is 2.05. The molecular formula is C20H19N3O5S. The van der Waals surface area contributed by atoms with Gasteiger partial charge in [-0.25, -0.2) is 9.59 Å². The molecule has 1 N–H and O–H groups in total. The maximum Gasteiger partial charge on any atom is 0.341 e. The van der Waals surface area contributed by atoms with E-state index in [0.29, 0.717) is 5.56 Å². The topological polar surface area (TPSA) is 99.4 Å². The van der Waals surface area contributed by atoms with Crippen molar-refractivity contribution in [3.05, 3.63) is 73.9 Å². The zero-order valence-electron chi connectivity index (χ0n) is 16.1. The fourth-order valence-electron chi connectivity index (χ4n) is 2.82. The number of esters is 1. The number of carbonyl (C=O) groups excluding carboxylic acids is 2. The first-order valence-electron chi connectivity index (χ1n) is 8.77. The highest BCUT2D eigenvalue weighted by atomic mass is 32.1. The van der Waals surface area contributed by atoms with E-state index in [1.807, 2.05) is 30.3 Å². The summed E-state index contributed by atoms with van der Waals surface area (Å²) < 4.78 is 7.16. The highest BCUT2D eigenvalue weighted by Gasteiger charge is 2.24. The lowest BCUT2D eigenvalue weighted by molar-refractivity contribution is 0.0529. The smallest absolute Gasteiger partial charge is 0.341 e. The third kappa shape index (κ3) is 3.90. The van der Waals surface area contributed by atoms with Crippen LogP contribution in [-0.4, -0.2) is 27.6 Å². The first kappa shape index (κ1) is 20.3. The predicted molar refractivity (Wildman–Crippen MR) is 111 cm³/mol. The van der Waals surface area contributed by atoms with E-state index in [1.165, 1.54) is 20.3 Å². The zero-order valence-corrected chi connectivity index (χ0v) is 16.9. The lowest BCUT2D eigenvalue weighted by Crippen LogP contribution is -2.40. The number of nitrogens with zero attached hydrogens (tertiary/aromatic N) is 2. The first-order chi connectivity index (χ1) is 13.8. The predicted octanol–water partition coefficient (Wildman–Crippen LogP) is 2.24. The first-order valence-corrected chi connectivity index (χ1v) is 9.65. The molecule has 0 aliphatic rings. The fourth-order valence-corrected chi connectivity index (χ4v) is 3.77. The van der Waals surface area contributed by atoms with Crippen LogP contribution in [0.25, 0.3) is 11.1 Å². The molecule has 8 nitrogen and oxygen atoms in total. The van der Waals surface area contributed by atoms with Gasteiger partial charge in [-0.05, 0) is 12.5 Å². The van der Waals surface area contributed by atoms with Crippen molar-refractivity contribution in [3.63, 3.8) is 0 Å². The molecule has 0 spiro atoms. The molecule has 0 atom stereocenters. The number of hydrogen-bond acceptors (Lipinski definition) is 6. The molecule has 0 aliphatic carbocycles. The largest absolute Gasteiger partial charge is 0.462 e. The van der Waals surface area contributed by atoms with Crippen molar-refractivity contribution in [1.82, 2.24) is 9.13 Å². The average Bonchev–Trinajstić information content (AvgIpc) is 3.13. The van der Waals surface area contributed by atoms with E-state index in [9.17, 15) is 19.2 Å². The molecule has 2 heterocycles. The fraction of sp³-hybridized carbons (Fsp3) is 0.200. The molecule has 9 heteroatoms. The number of aromatic nitrogens is 2. The van der Waals surface area contributed by atoms with Crippen LogP contribution in [0, 0.1) is 0 Å². The van der Waals surface area contributed by atoms with Gasteiger partial charge < -0.3 is 14.6 Å². The summed E-state index contributed by atoms with van der Waals surface area (Å²) in [7, 11) is 2.74. The summed E-state index contributed by atoms with van der Waals surface area (Å²) in [5.41, 5.74) is 0.171. The molecule has 1 aromatic carbocycles. The van der Waals surface area contributed by atoms with E-state index in [2.05, 4.69) is 5.32 Å². The van der Waals surface area contributed by atoms with Crippen molar-refractivity contribution in [2.45, 2.75) is 6.92 Å². The van der Waals surface area contributed by atoms with Crippen LogP contribution >= 0.6 is 11.3 Å². The number of amides is 1. The molecule has 3 aromatic rings. The molecule has 3 rings (SSSR count). The van der Waals surface area contributed by atoms with Crippen LogP contribution in [0.2, 0.25) is 0 Å². The number of aryl methyl sites for hydroxylation is 1. The molecule has 1 amide bonds. The molecule has 0 bridgehead atoms. The third-order valence-corrected chi connectivity index (χ3v) is 5.17. The van der Waals surface area contributed by atoms with Gasteiger partial charge in [0.1, 0.15) is 16.1 Å². The third-order valence-electron chi connectivity index (χ3n) is 4.27. The summed E-state index contributed by atoms with van der Waals surface area (Å²) in [5.74, 6) is -1.29. The maximum atomic E-state index is 12.7. The Morgan fingerprint density at radius 1 is 1.14 bits per heavy atom. The van der Waals surface area contributed by atoms with Crippen LogP contribution in [0.5, 0.6) is 0 Å². The Kier molecular flexibility index (Phi) is 5.79. The van der Waals surface area contributed by atoms with Crippen molar-refractivity contribution in [1.29, 1.82) is 0 Å². The van der Waals surface area contributed by atoms with E-state index in [-0.39, 0.29) is 22.7 Å². The Labute approximate surface area is 170 Å². The number of hydrogen-bond donors (Lipinski definition) is 1. The molecule has 150 valence electrons. The van der Waals surface area contributed by atoms with Crippen LogP contribution in [0.3, 0.4) is 0 Å². The number of rotatable bonds is 5. The van der Waals surface area contributed by atoms with Gasteiger partial charge in [-0.1, -0.05) is 30.3 Å². The van der Waals surface area contributed by atoms with Gasteiger partial charge in [0.2, 0.25) is 0 Å². The minimum absolute atomic E-state index is 0.178. The van der Waals surface area contributed by atoms with Gasteiger partial charge in [0, 0.05) is 31.2 Å². The number of anilines is 1. The van der Waals surface area contributed by atoms with Gasteiger partial charge >= 0.3 is 11.7 Å². The number of carbonyl (C=O) groups is 2. The Bertz CT molecular complexity index is 1190. The monoisotopic (exact) mass is 413 g/mol. The number of nitrogens with one attached hydrogen (secondary N) is 1. The molecule has 0 saturated heterocycles.